The molecule has 5 rings (SSSR count). The fourth-order valence-corrected chi connectivity index (χ4v) is 5.37. The predicted octanol–water partition coefficient (Wildman–Crippen LogP) is 3.63. The van der Waals surface area contributed by atoms with Crippen LogP contribution < -0.4 is 0 Å². The highest BCUT2D eigenvalue weighted by atomic mass is 32.2. The third-order valence-electron chi connectivity index (χ3n) is 6.02. The average molecular weight is 464 g/mol. The number of carbonyl (C=O) groups is 3. The van der Waals surface area contributed by atoms with Crippen molar-refractivity contribution in [3.05, 3.63) is 87.3 Å². The number of nitrogens with zero attached hydrogens (tertiary/aromatic N) is 1. The molecule has 0 spiro atoms. The molecule has 0 bridgehead atoms. The molecule has 8 heteroatoms. The fourth-order valence-electron chi connectivity index (χ4n) is 4.42. The number of cyclic esters (lactones) is 1. The van der Waals surface area contributed by atoms with Gasteiger partial charge in [-0.25, -0.2) is 9.59 Å². The van der Waals surface area contributed by atoms with Crippen molar-refractivity contribution in [3.63, 3.8) is 0 Å². The number of amides is 1. The number of hydrogen-bond donors (Lipinski definition) is 1. The molecule has 3 heterocycles. The predicted molar refractivity (Wildman–Crippen MR) is 121 cm³/mol. The zero-order valence-corrected chi connectivity index (χ0v) is 18.4. The number of aliphatic hydroxyl groups excluding tert-OH is 1. The second-order valence-corrected chi connectivity index (χ2v) is 8.93. The first-order valence-electron chi connectivity index (χ1n) is 10.6. The Hall–Kier alpha value is -3.36. The van der Waals surface area contributed by atoms with E-state index in [4.69, 9.17) is 9.47 Å². The van der Waals surface area contributed by atoms with Gasteiger partial charge in [-0.1, -0.05) is 60.3 Å². The van der Waals surface area contributed by atoms with Crippen LogP contribution in [-0.2, 0) is 19.1 Å². The maximum Gasteiger partial charge on any atom is 0.359 e. The summed E-state index contributed by atoms with van der Waals surface area (Å²) in [4.78, 5) is 40.2. The molecule has 1 fully saturated rings. The van der Waals surface area contributed by atoms with E-state index in [0.717, 1.165) is 5.56 Å². The van der Waals surface area contributed by atoms with Crippen molar-refractivity contribution in [2.75, 3.05) is 6.61 Å². The molecular formula is C25H21NO6S. The molecule has 7 nitrogen and oxygen atoms in total. The standard InChI is InChI=1S/C25H21NO6S/c27-12-10-18-19-14-20(33-13-11-15-6-2-1-3-7-15)21(26(19)22(18)28)24(30)32-25-17-9-5-4-8-16(17)23(29)31-25/h1-9,11,13,18-19,25,27H,10,12,14H2/t18-,19+,25?/m0/s1. The summed E-state index contributed by atoms with van der Waals surface area (Å²) in [5, 5.41) is 11.2. The highest BCUT2D eigenvalue weighted by molar-refractivity contribution is 8.06. The second-order valence-electron chi connectivity index (χ2n) is 7.93. The van der Waals surface area contributed by atoms with Crippen LogP contribution in [0.3, 0.4) is 0 Å². The number of benzene rings is 2. The van der Waals surface area contributed by atoms with Gasteiger partial charge in [-0.15, -0.1) is 0 Å². The molecule has 2 aromatic carbocycles. The van der Waals surface area contributed by atoms with Crippen LogP contribution in [0, 0.1) is 5.92 Å². The van der Waals surface area contributed by atoms with Crippen LogP contribution >= 0.6 is 11.8 Å². The summed E-state index contributed by atoms with van der Waals surface area (Å²) in [5.74, 6) is -1.78. The smallest absolute Gasteiger partial charge is 0.359 e. The number of hydrogen-bond acceptors (Lipinski definition) is 7. The zero-order valence-electron chi connectivity index (χ0n) is 17.5. The first kappa shape index (κ1) is 21.5. The molecule has 0 aromatic heterocycles. The summed E-state index contributed by atoms with van der Waals surface area (Å²) >= 11 is 1.36. The lowest BCUT2D eigenvalue weighted by Crippen LogP contribution is -2.58. The van der Waals surface area contributed by atoms with Crippen molar-refractivity contribution < 1.29 is 29.0 Å². The Bertz CT molecular complexity index is 1170. The molecule has 3 atom stereocenters. The van der Waals surface area contributed by atoms with Crippen LogP contribution in [0.15, 0.2) is 70.6 Å². The average Bonchev–Trinajstić information content (AvgIpc) is 3.34. The lowest BCUT2D eigenvalue weighted by atomic mass is 9.85. The SMILES string of the molecule is O=C(OC1OC(=O)c2ccccc21)C1=C(SC=Cc2ccccc2)C[C@@H]2[C@H](CCO)C(=O)N12. The summed E-state index contributed by atoms with van der Waals surface area (Å²) in [5.41, 5.74) is 2.04. The minimum atomic E-state index is -1.15. The largest absolute Gasteiger partial charge is 0.417 e. The maximum atomic E-state index is 13.2. The Morgan fingerprint density at radius 3 is 2.70 bits per heavy atom. The van der Waals surface area contributed by atoms with Crippen LogP contribution in [0.2, 0.25) is 0 Å². The van der Waals surface area contributed by atoms with E-state index >= 15 is 0 Å². The molecule has 0 aliphatic carbocycles. The van der Waals surface area contributed by atoms with E-state index in [1.165, 1.54) is 16.7 Å². The van der Waals surface area contributed by atoms with E-state index in [9.17, 15) is 19.5 Å². The normalized spacial score (nSPS) is 23.4. The summed E-state index contributed by atoms with van der Waals surface area (Å²) in [7, 11) is 0. The van der Waals surface area contributed by atoms with Crippen LogP contribution in [0.25, 0.3) is 6.08 Å². The van der Waals surface area contributed by atoms with Gasteiger partial charge >= 0.3 is 11.9 Å². The molecule has 1 N–H and O–H groups in total. The number of β-lactam (4-membered cyclic amide) rings is 1. The Morgan fingerprint density at radius 1 is 1.15 bits per heavy atom. The zero-order chi connectivity index (χ0) is 22.9. The van der Waals surface area contributed by atoms with Gasteiger partial charge in [0, 0.05) is 23.5 Å². The molecule has 1 saturated heterocycles. The van der Waals surface area contributed by atoms with Crippen molar-refractivity contribution in [2.45, 2.75) is 25.2 Å². The van der Waals surface area contributed by atoms with Crippen molar-refractivity contribution in [2.24, 2.45) is 5.92 Å². The summed E-state index contributed by atoms with van der Waals surface area (Å²) in [6, 6.07) is 16.3. The molecule has 33 heavy (non-hydrogen) atoms. The quantitative estimate of drug-likeness (QED) is 0.495. The molecule has 2 aromatic rings. The van der Waals surface area contributed by atoms with E-state index < -0.39 is 18.2 Å². The van der Waals surface area contributed by atoms with Crippen LogP contribution in [-0.4, -0.2) is 40.5 Å². The molecule has 168 valence electrons. The number of esters is 2. The third-order valence-corrected chi connectivity index (χ3v) is 6.93. The highest BCUT2D eigenvalue weighted by Crippen LogP contribution is 2.48. The number of ether oxygens (including phenoxy) is 2. The number of carbonyl (C=O) groups excluding carboxylic acids is 3. The van der Waals surface area contributed by atoms with Crippen molar-refractivity contribution in [1.82, 2.24) is 4.90 Å². The van der Waals surface area contributed by atoms with E-state index in [1.54, 1.807) is 24.3 Å². The minimum absolute atomic E-state index is 0.0915. The summed E-state index contributed by atoms with van der Waals surface area (Å²) in [6.07, 6.45) is 1.64. The minimum Gasteiger partial charge on any atom is -0.417 e. The molecule has 1 unspecified atom stereocenters. The first-order chi connectivity index (χ1) is 16.1. The van der Waals surface area contributed by atoms with Crippen molar-refractivity contribution >= 4 is 35.7 Å². The number of fused-ring (bicyclic) bond motifs is 2. The lowest BCUT2D eigenvalue weighted by Gasteiger charge is -2.43. The summed E-state index contributed by atoms with van der Waals surface area (Å²) in [6.45, 7) is -0.0915. The van der Waals surface area contributed by atoms with Gasteiger partial charge in [0.2, 0.25) is 5.91 Å². The molecular weight excluding hydrogens is 442 g/mol. The van der Waals surface area contributed by atoms with Gasteiger partial charge in [0.15, 0.2) is 0 Å². The van der Waals surface area contributed by atoms with Gasteiger partial charge in [0.05, 0.1) is 17.5 Å². The van der Waals surface area contributed by atoms with Gasteiger partial charge in [-0.05, 0) is 29.5 Å². The van der Waals surface area contributed by atoms with Gasteiger partial charge in [-0.3, -0.25) is 4.79 Å². The Balaban J connectivity index is 1.39. The van der Waals surface area contributed by atoms with Crippen molar-refractivity contribution in [1.29, 1.82) is 0 Å². The Labute approximate surface area is 194 Å². The second kappa shape index (κ2) is 8.88. The van der Waals surface area contributed by atoms with Gasteiger partial charge in [0.25, 0.3) is 6.29 Å². The molecule has 1 amide bonds. The number of thioether (sulfide) groups is 1. The van der Waals surface area contributed by atoms with Gasteiger partial charge in [0.1, 0.15) is 5.70 Å². The monoisotopic (exact) mass is 463 g/mol. The van der Waals surface area contributed by atoms with E-state index in [0.29, 0.717) is 28.9 Å². The van der Waals surface area contributed by atoms with Gasteiger partial charge in [-0.2, -0.15) is 0 Å². The van der Waals surface area contributed by atoms with Crippen molar-refractivity contribution in [3.8, 4) is 0 Å². The van der Waals surface area contributed by atoms with Crippen LogP contribution in [0.4, 0.5) is 0 Å². The summed E-state index contributed by atoms with van der Waals surface area (Å²) < 4.78 is 10.8. The first-order valence-corrected chi connectivity index (χ1v) is 11.5. The van der Waals surface area contributed by atoms with Gasteiger partial charge < -0.3 is 19.5 Å². The Kier molecular flexibility index (Phi) is 5.78. The van der Waals surface area contributed by atoms with E-state index in [-0.39, 0.29) is 30.2 Å². The highest BCUT2D eigenvalue weighted by Gasteiger charge is 2.55. The van der Waals surface area contributed by atoms with Crippen LogP contribution in [0.5, 0.6) is 0 Å². The molecule has 3 aliphatic heterocycles. The molecule has 3 aliphatic rings. The molecule has 0 saturated carbocycles. The Morgan fingerprint density at radius 2 is 1.91 bits per heavy atom. The van der Waals surface area contributed by atoms with Crippen LogP contribution in [0.1, 0.15) is 40.6 Å². The lowest BCUT2D eigenvalue weighted by molar-refractivity contribution is -0.170. The number of aliphatic hydroxyl groups is 1. The number of rotatable bonds is 7. The molecule has 0 radical (unpaired) electrons. The van der Waals surface area contributed by atoms with E-state index in [1.807, 2.05) is 41.8 Å². The third kappa shape index (κ3) is 3.85. The van der Waals surface area contributed by atoms with E-state index in [2.05, 4.69) is 0 Å². The topological polar surface area (TPSA) is 93.1 Å². The maximum absolute atomic E-state index is 13.2. The fraction of sp³-hybridized carbons (Fsp3) is 0.240.